The maximum Gasteiger partial charge on any atom is 0.270 e. The van der Waals surface area contributed by atoms with Crippen LogP contribution in [0.5, 0.6) is 0 Å². The zero-order valence-electron chi connectivity index (χ0n) is 13.6. The van der Waals surface area contributed by atoms with Gasteiger partial charge in [0.25, 0.3) is 5.69 Å². The second kappa shape index (κ2) is 6.96. The van der Waals surface area contributed by atoms with Crippen LogP contribution in [0.2, 0.25) is 0 Å². The number of rotatable bonds is 5. The molecule has 0 spiro atoms. The Labute approximate surface area is 139 Å². The van der Waals surface area contributed by atoms with Gasteiger partial charge in [-0.2, -0.15) is 5.10 Å². The van der Waals surface area contributed by atoms with Crippen LogP contribution in [0.3, 0.4) is 0 Å². The van der Waals surface area contributed by atoms with Crippen molar-refractivity contribution in [1.29, 1.82) is 0 Å². The van der Waals surface area contributed by atoms with Crippen LogP contribution in [0.15, 0.2) is 24.4 Å². The third-order valence-corrected chi connectivity index (χ3v) is 4.44. The van der Waals surface area contributed by atoms with Crippen molar-refractivity contribution >= 4 is 22.5 Å². The van der Waals surface area contributed by atoms with Crippen LogP contribution in [0, 0.1) is 10.1 Å². The summed E-state index contributed by atoms with van der Waals surface area (Å²) >= 11 is 0. The molecule has 1 fully saturated rings. The Balaban J connectivity index is 1.62. The average molecular weight is 331 g/mol. The fourth-order valence-electron chi connectivity index (χ4n) is 3.04. The Kier molecular flexibility index (Phi) is 4.75. The van der Waals surface area contributed by atoms with Crippen molar-refractivity contribution in [2.24, 2.45) is 0 Å². The Bertz CT molecular complexity index is 749. The molecule has 1 aliphatic heterocycles. The lowest BCUT2D eigenvalue weighted by molar-refractivity contribution is -0.384. The average Bonchev–Trinajstić information content (AvgIpc) is 2.98. The number of hydrogen-bond acceptors (Lipinski definition) is 5. The maximum atomic E-state index is 11.5. The van der Waals surface area contributed by atoms with Crippen LogP contribution in [-0.2, 0) is 11.5 Å². The first-order valence-electron chi connectivity index (χ1n) is 8.18. The molecule has 8 nitrogen and oxygen atoms in total. The van der Waals surface area contributed by atoms with Crippen molar-refractivity contribution < 1.29 is 9.72 Å². The van der Waals surface area contributed by atoms with Gasteiger partial charge in [-0.3, -0.25) is 24.5 Å². The van der Waals surface area contributed by atoms with E-state index in [2.05, 4.69) is 15.3 Å². The summed E-state index contributed by atoms with van der Waals surface area (Å²) in [5.41, 5.74) is 0.969. The Morgan fingerprint density at radius 3 is 2.83 bits per heavy atom. The monoisotopic (exact) mass is 331 g/mol. The zero-order chi connectivity index (χ0) is 17.1. The van der Waals surface area contributed by atoms with Gasteiger partial charge in [0.2, 0.25) is 5.91 Å². The van der Waals surface area contributed by atoms with E-state index in [1.54, 1.807) is 18.3 Å². The lowest BCUT2D eigenvalue weighted by atomic mass is 10.1. The fraction of sp³-hybridized carbons (Fsp3) is 0.500. The first-order valence-corrected chi connectivity index (χ1v) is 8.18. The Morgan fingerprint density at radius 2 is 2.17 bits per heavy atom. The van der Waals surface area contributed by atoms with Gasteiger partial charge in [-0.1, -0.05) is 6.92 Å². The molecule has 0 bridgehead atoms. The first-order chi connectivity index (χ1) is 11.6. The molecule has 1 aromatic heterocycles. The molecule has 24 heavy (non-hydrogen) atoms. The normalized spacial score (nSPS) is 16.4. The van der Waals surface area contributed by atoms with E-state index in [1.165, 1.54) is 6.07 Å². The number of nitrogens with zero attached hydrogens (tertiary/aromatic N) is 4. The van der Waals surface area contributed by atoms with Gasteiger partial charge >= 0.3 is 0 Å². The van der Waals surface area contributed by atoms with E-state index >= 15 is 0 Å². The molecule has 2 aromatic rings. The maximum absolute atomic E-state index is 11.5. The van der Waals surface area contributed by atoms with Gasteiger partial charge in [0, 0.05) is 43.1 Å². The quantitative estimate of drug-likeness (QED) is 0.667. The van der Waals surface area contributed by atoms with E-state index in [-0.39, 0.29) is 17.6 Å². The van der Waals surface area contributed by atoms with Crippen LogP contribution < -0.4 is 5.32 Å². The SMILES string of the molecule is CCC(=O)NC1CCN(Cn2ncc3cc([N+](=O)[O-])ccc32)CC1. The molecular weight excluding hydrogens is 310 g/mol. The summed E-state index contributed by atoms with van der Waals surface area (Å²) in [6.45, 7) is 4.29. The number of nitro groups is 1. The Morgan fingerprint density at radius 1 is 1.42 bits per heavy atom. The summed E-state index contributed by atoms with van der Waals surface area (Å²) in [6, 6.07) is 5.05. The summed E-state index contributed by atoms with van der Waals surface area (Å²) in [4.78, 5) is 24.2. The van der Waals surface area contributed by atoms with Gasteiger partial charge in [0.05, 0.1) is 23.3 Å². The van der Waals surface area contributed by atoms with Crippen LogP contribution in [-0.4, -0.2) is 44.6 Å². The number of hydrogen-bond donors (Lipinski definition) is 1. The van der Waals surface area contributed by atoms with Gasteiger partial charge < -0.3 is 5.32 Å². The first kappa shape index (κ1) is 16.4. The number of aromatic nitrogens is 2. The molecule has 0 saturated carbocycles. The van der Waals surface area contributed by atoms with Gasteiger partial charge in [0.1, 0.15) is 0 Å². The molecule has 1 amide bonds. The highest BCUT2D eigenvalue weighted by atomic mass is 16.6. The van der Waals surface area contributed by atoms with Crippen LogP contribution in [0.1, 0.15) is 26.2 Å². The molecule has 0 radical (unpaired) electrons. The van der Waals surface area contributed by atoms with E-state index in [0.29, 0.717) is 13.1 Å². The molecule has 8 heteroatoms. The largest absolute Gasteiger partial charge is 0.353 e. The number of carbonyl (C=O) groups excluding carboxylic acids is 1. The number of likely N-dealkylation sites (tertiary alicyclic amines) is 1. The smallest absolute Gasteiger partial charge is 0.270 e. The summed E-state index contributed by atoms with van der Waals surface area (Å²) in [6.07, 6.45) is 4.04. The minimum Gasteiger partial charge on any atom is -0.353 e. The Hall–Kier alpha value is -2.48. The zero-order valence-corrected chi connectivity index (χ0v) is 13.6. The highest BCUT2D eigenvalue weighted by Crippen LogP contribution is 2.21. The van der Waals surface area contributed by atoms with Crippen molar-refractivity contribution in [1.82, 2.24) is 20.0 Å². The van der Waals surface area contributed by atoms with Gasteiger partial charge in [0.15, 0.2) is 0 Å². The predicted molar refractivity (Wildman–Crippen MR) is 89.4 cm³/mol. The number of benzene rings is 1. The highest BCUT2D eigenvalue weighted by Gasteiger charge is 2.21. The minimum atomic E-state index is -0.397. The number of fused-ring (bicyclic) bond motifs is 1. The van der Waals surface area contributed by atoms with E-state index in [1.807, 2.05) is 11.6 Å². The summed E-state index contributed by atoms with van der Waals surface area (Å²) in [5.74, 6) is 0.105. The molecule has 1 aliphatic rings. The number of piperidine rings is 1. The van der Waals surface area contributed by atoms with Gasteiger partial charge in [-0.05, 0) is 18.9 Å². The summed E-state index contributed by atoms with van der Waals surface area (Å²) in [5, 5.41) is 19.0. The van der Waals surface area contributed by atoms with Gasteiger partial charge in [-0.15, -0.1) is 0 Å². The highest BCUT2D eigenvalue weighted by molar-refractivity contribution is 5.81. The lowest BCUT2D eigenvalue weighted by Crippen LogP contribution is -2.44. The fourth-order valence-corrected chi connectivity index (χ4v) is 3.04. The van der Waals surface area contributed by atoms with Crippen molar-refractivity contribution in [3.05, 3.63) is 34.5 Å². The third-order valence-electron chi connectivity index (χ3n) is 4.44. The lowest BCUT2D eigenvalue weighted by Gasteiger charge is -2.32. The van der Waals surface area contributed by atoms with E-state index in [4.69, 9.17) is 0 Å². The minimum absolute atomic E-state index is 0.0783. The molecule has 0 unspecified atom stereocenters. The van der Waals surface area contributed by atoms with Crippen molar-refractivity contribution in [3.8, 4) is 0 Å². The molecule has 128 valence electrons. The predicted octanol–water partition coefficient (Wildman–Crippen LogP) is 1.89. The summed E-state index contributed by atoms with van der Waals surface area (Å²) < 4.78 is 1.87. The number of nitrogens with one attached hydrogen (secondary N) is 1. The third kappa shape index (κ3) is 3.53. The van der Waals surface area contributed by atoms with Gasteiger partial charge in [-0.25, -0.2) is 0 Å². The molecule has 1 N–H and O–H groups in total. The van der Waals surface area contributed by atoms with E-state index < -0.39 is 4.92 Å². The molecule has 0 aliphatic carbocycles. The van der Waals surface area contributed by atoms with Crippen LogP contribution in [0.4, 0.5) is 5.69 Å². The molecule has 1 saturated heterocycles. The van der Waals surface area contributed by atoms with Crippen LogP contribution in [0.25, 0.3) is 10.9 Å². The topological polar surface area (TPSA) is 93.3 Å². The molecular formula is C16H21N5O3. The number of nitro benzene ring substituents is 1. The van der Waals surface area contributed by atoms with Crippen molar-refractivity contribution in [3.63, 3.8) is 0 Å². The summed E-state index contributed by atoms with van der Waals surface area (Å²) in [7, 11) is 0. The molecule has 3 rings (SSSR count). The second-order valence-electron chi connectivity index (χ2n) is 6.10. The number of amides is 1. The molecule has 1 aromatic carbocycles. The standard InChI is InChI=1S/C16H21N5O3/c1-2-16(22)18-13-5-7-19(8-6-13)11-20-15-4-3-14(21(23)24)9-12(15)10-17-20/h3-4,9-10,13H,2,5-8,11H2,1H3,(H,18,22). The van der Waals surface area contributed by atoms with Crippen molar-refractivity contribution in [2.45, 2.75) is 38.9 Å². The second-order valence-corrected chi connectivity index (χ2v) is 6.10. The van der Waals surface area contributed by atoms with Crippen LogP contribution >= 0.6 is 0 Å². The number of non-ortho nitro benzene ring substituents is 1. The van der Waals surface area contributed by atoms with Crippen molar-refractivity contribution in [2.75, 3.05) is 13.1 Å². The molecule has 0 atom stereocenters. The van der Waals surface area contributed by atoms with E-state index in [0.717, 1.165) is 36.8 Å². The molecule has 2 heterocycles. The van der Waals surface area contributed by atoms with E-state index in [9.17, 15) is 14.9 Å². The number of carbonyl (C=O) groups is 1.